The number of carbonyl (C=O) groups is 1. The summed E-state index contributed by atoms with van der Waals surface area (Å²) in [4.78, 5) is 18.9. The van der Waals surface area contributed by atoms with Crippen molar-refractivity contribution in [3.8, 4) is 0 Å². The topological polar surface area (TPSA) is 242 Å². The molecule has 0 aromatic carbocycles. The van der Waals surface area contributed by atoms with Gasteiger partial charge < -0.3 is 118 Å². The van der Waals surface area contributed by atoms with Crippen molar-refractivity contribution in [2.75, 3.05) is 177 Å². The van der Waals surface area contributed by atoms with Crippen molar-refractivity contribution in [3.05, 3.63) is 6.92 Å². The Morgan fingerprint density at radius 1 is 0.231 bits per heavy atom. The van der Waals surface area contributed by atoms with Crippen LogP contribution in [0.1, 0.15) is 103 Å². The van der Waals surface area contributed by atoms with Crippen molar-refractivity contribution in [2.24, 2.45) is 5.92 Å². The summed E-state index contributed by atoms with van der Waals surface area (Å²) < 4.78 is 143. The molecular formula is C69H162NO25RfSi12-. The largest absolute Gasteiger partial charge is 0.500 e. The zero-order chi connectivity index (χ0) is 81.4. The van der Waals surface area contributed by atoms with E-state index in [2.05, 4.69) is 31.1 Å². The number of amides is 1. The van der Waals surface area contributed by atoms with E-state index in [0.29, 0.717) is 6.54 Å². The smallest absolute Gasteiger partial charge is 0.377 e. The Balaban J connectivity index is 0. The van der Waals surface area contributed by atoms with E-state index >= 15 is 4.79 Å². The molecule has 0 bridgehead atoms. The minimum Gasteiger partial charge on any atom is -0.377 e. The molecule has 0 aromatic rings. The van der Waals surface area contributed by atoms with Gasteiger partial charge in [-0.1, -0.05) is 176 Å². The fourth-order valence-electron chi connectivity index (χ4n) is 16.4. The summed E-state index contributed by atoms with van der Waals surface area (Å²) in [6.45, 7) is 15.3. The average molecular weight is 2010 g/mol. The normalized spacial score (nSPS) is 13.8. The van der Waals surface area contributed by atoms with Crippen LogP contribution in [-0.4, -0.2) is 297 Å². The molecule has 0 unspecified atom stereocenters. The second kappa shape index (κ2) is 57.3. The van der Waals surface area contributed by atoms with Crippen molar-refractivity contribution in [3.63, 3.8) is 0 Å². The molecule has 0 fully saturated rings. The van der Waals surface area contributed by atoms with E-state index in [1.165, 1.54) is 0 Å². The van der Waals surface area contributed by atoms with Crippen molar-refractivity contribution in [2.45, 2.75) is 256 Å². The molecule has 0 N–H and O–H groups in total. The molecule has 0 aliphatic heterocycles. The zero-order valence-corrected chi connectivity index (χ0v) is 92.3. The van der Waals surface area contributed by atoms with Crippen molar-refractivity contribution < 1.29 is 111 Å². The Morgan fingerprint density at radius 2 is 0.361 bits per heavy atom. The molecule has 39 heteroatoms. The summed E-state index contributed by atoms with van der Waals surface area (Å²) >= 11 is 0. The molecule has 0 aliphatic carbocycles. The molecule has 0 saturated heterocycles. The first-order valence-corrected chi connectivity index (χ1v) is 67.1. The van der Waals surface area contributed by atoms with Crippen LogP contribution >= 0.6 is 0 Å². The summed E-state index contributed by atoms with van der Waals surface area (Å²) in [5, 5.41) is 0. The predicted molar refractivity (Wildman–Crippen MR) is 455 cm³/mol. The molecule has 644 valence electrons. The second-order valence-electron chi connectivity index (χ2n) is 30.4. The van der Waals surface area contributed by atoms with E-state index < -0.39 is 103 Å². The predicted octanol–water partition coefficient (Wildman–Crippen LogP) is 15.2. The Bertz CT molecular complexity index is 1920. The van der Waals surface area contributed by atoms with Crippen LogP contribution in [0.15, 0.2) is 0 Å². The summed E-state index contributed by atoms with van der Waals surface area (Å²) in [5.41, 5.74) is 0. The van der Waals surface area contributed by atoms with Gasteiger partial charge in [-0.2, -0.15) is 0 Å². The van der Waals surface area contributed by atoms with Gasteiger partial charge in [-0.05, 0) is 25.7 Å². The van der Waals surface area contributed by atoms with E-state index in [-0.39, 0.29) is 17.9 Å². The summed E-state index contributed by atoms with van der Waals surface area (Å²) in [7, 11) is 9.81. The quantitative estimate of drug-likeness (QED) is 0.0406. The third kappa shape index (κ3) is 37.0. The molecule has 0 rings (SSSR count). The second-order valence-corrected chi connectivity index (χ2v) is 75.6. The summed E-state index contributed by atoms with van der Waals surface area (Å²) in [6, 6.07) is 18.6. The Hall–Kier alpha value is 0.113. The molecule has 0 aromatic heterocycles. The minimum absolute atomic E-state index is 0. The number of nitrogens with zero attached hydrogens (tertiary/aromatic N) is 1. The number of rotatable bonds is 75. The third-order valence-corrected chi connectivity index (χ3v) is 65.6. The molecule has 0 radical (unpaired) electrons. The number of carbonyl (C=O) groups excluding carboxylic acids is 1. The van der Waals surface area contributed by atoms with Gasteiger partial charge in [0.2, 0.25) is 5.91 Å². The zero-order valence-electron chi connectivity index (χ0n) is 73.9. The molecule has 0 heterocycles. The van der Waals surface area contributed by atoms with Gasteiger partial charge in [0.25, 0.3) is 0 Å². The molecule has 0 saturated carbocycles. The van der Waals surface area contributed by atoms with Gasteiger partial charge in [-0.25, -0.2) is 0 Å². The van der Waals surface area contributed by atoms with Gasteiger partial charge in [0.15, 0.2) is 0 Å². The van der Waals surface area contributed by atoms with Crippen LogP contribution in [0.25, 0.3) is 0 Å². The van der Waals surface area contributed by atoms with Crippen LogP contribution in [0.5, 0.6) is 0 Å². The maximum absolute atomic E-state index is 16.6. The first-order chi connectivity index (χ1) is 50.9. The fourth-order valence-corrected chi connectivity index (χ4v) is 48.5. The average Bonchev–Trinajstić information content (AvgIpc) is 0.842. The SMILES string of the molecule is [CH2-]CN(C(=O)C(CCC[Si](C)(CCC[Si](OC)(OC)OC)CCC[Si](OC)(OC)OC)CCC[Si](C)(CCC[Si](OC)(OC)OC)CCC[Si](OC)(OC)OC)C(CCC[Si](C)(CCC[Si](OC)(OC)OC)CCC[Si](OC)(OC)OC)CCC[Si](C)(CCC[Si](OC)(OC)OC)CCC[Si](OC)(OC)OC.[Rf]. The van der Waals surface area contributed by atoms with E-state index in [9.17, 15) is 0 Å². The molecule has 0 atom stereocenters. The van der Waals surface area contributed by atoms with Gasteiger partial charge >= 0.3 is 70.4 Å². The van der Waals surface area contributed by atoms with Gasteiger partial charge in [0.05, 0.1) is 32.3 Å². The maximum atomic E-state index is 16.6. The third-order valence-electron chi connectivity index (χ3n) is 24.2. The Kier molecular flexibility index (Phi) is 58.4. The van der Waals surface area contributed by atoms with Crippen LogP contribution < -0.4 is 0 Å². The first kappa shape index (κ1) is 110. The molecular weight excluding hydrogens is 1850 g/mol. The number of hydrogen-bond acceptors (Lipinski definition) is 25. The van der Waals surface area contributed by atoms with Crippen LogP contribution in [0, 0.1) is 12.8 Å². The van der Waals surface area contributed by atoms with Gasteiger partial charge in [0.1, 0.15) is 0 Å². The van der Waals surface area contributed by atoms with E-state index in [4.69, 9.17) is 113 Å². The molecule has 108 heavy (non-hydrogen) atoms. The molecule has 26 nitrogen and oxygen atoms in total. The van der Waals surface area contributed by atoms with Crippen LogP contribution in [0.2, 0.25) is 147 Å². The fraction of sp³-hybridized carbons (Fsp3) is 0.971. The number of hydrogen-bond donors (Lipinski definition) is 0. The summed E-state index contributed by atoms with van der Waals surface area (Å²) in [6.07, 6.45) is 14.5. The maximum Gasteiger partial charge on any atom is 0.500 e. The van der Waals surface area contributed by atoms with Crippen molar-refractivity contribution in [1.82, 2.24) is 4.90 Å². The first-order valence-electron chi connectivity index (χ1n) is 39.2. The van der Waals surface area contributed by atoms with Gasteiger partial charge in [0, 0.05) is 231 Å². The Labute approximate surface area is 666 Å². The van der Waals surface area contributed by atoms with Crippen molar-refractivity contribution in [1.29, 1.82) is 0 Å². The van der Waals surface area contributed by atoms with E-state index in [0.717, 1.165) is 224 Å². The van der Waals surface area contributed by atoms with Gasteiger partial charge in [-0.15, -0.1) is 6.54 Å². The molecule has 1 amide bonds. The van der Waals surface area contributed by atoms with Crippen molar-refractivity contribution >= 4 is 109 Å². The van der Waals surface area contributed by atoms with E-state index in [1.807, 2.05) is 0 Å². The van der Waals surface area contributed by atoms with Crippen LogP contribution in [0.4, 0.5) is 0 Å². The minimum atomic E-state index is -2.84. The molecule has 0 aliphatic rings. The van der Waals surface area contributed by atoms with E-state index in [1.54, 1.807) is 171 Å². The summed E-state index contributed by atoms with van der Waals surface area (Å²) in [5.74, 6) is 0.0142. The van der Waals surface area contributed by atoms with Gasteiger partial charge in [-0.3, -0.25) is 4.79 Å². The monoisotopic (exact) mass is 2010 g/mol. The van der Waals surface area contributed by atoms with Crippen LogP contribution in [0.3, 0.4) is 0 Å². The van der Waals surface area contributed by atoms with Crippen LogP contribution in [-0.2, 0) is 111 Å². The molecule has 0 spiro atoms. The standard InChI is InChI=1S/C69H162NO25Si12.Rf/c1-30-70(68(45-33-49-98(28,55-39-63-104(84-14,85-15)86-16)56-40-64-105(87-17,88-18)89-19)46-34-50-99(29,57-41-65-106(90-20,91-21)92-22)58-42-66-107(93-23,94-24)95-25)69(71)67(43-31-47-96(26,51-35-59-100(72-2,73-3)74-4)52-36-60-101(75-5,76-6)77-7)44-32-48-97(27,53-37-61-102(78-8,79-9)80-10)54-38-62-103(81-11,82-12)83-13;/h67-68H,1,30-66H2,2-29H3;/q-1;. The Morgan fingerprint density at radius 3 is 0.491 bits per heavy atom.